The molecule has 0 radical (unpaired) electrons. The number of piperazine rings is 1. The third-order valence-electron chi connectivity index (χ3n) is 7.97. The van der Waals surface area contributed by atoms with Gasteiger partial charge in [0.05, 0.1) is 0 Å². The Labute approximate surface area is 226 Å². The monoisotopic (exact) mass is 529 g/mol. The number of carbonyl (C=O) groups is 3. The van der Waals surface area contributed by atoms with Crippen LogP contribution in [0.5, 0.6) is 0 Å². The van der Waals surface area contributed by atoms with Crippen LogP contribution in [-0.4, -0.2) is 115 Å². The first-order valence-electron chi connectivity index (χ1n) is 14.1. The van der Waals surface area contributed by atoms with Crippen molar-refractivity contribution in [2.24, 2.45) is 0 Å². The second-order valence-electron chi connectivity index (χ2n) is 10.5. The second-order valence-corrected chi connectivity index (χ2v) is 10.5. The van der Waals surface area contributed by atoms with E-state index >= 15 is 0 Å². The molecular formula is C28H43N5O5. The lowest BCUT2D eigenvalue weighted by Crippen LogP contribution is -2.54. The number of anilines is 1. The maximum Gasteiger partial charge on any atom is 0.410 e. The standard InChI is InChI=1S/C28H43N5O5/c1-3-12-33(27(35)29-25-7-5-4-6-22(25)2)24-8-13-32(14-9-24)28(36)38-21-26(34)31-17-15-30(16-18-31)23-10-19-37-20-11-23/h4-7,23-24H,3,8-21H2,1-2H3,(H,29,35). The second kappa shape index (κ2) is 13.8. The third kappa shape index (κ3) is 7.38. The predicted octanol–water partition coefficient (Wildman–Crippen LogP) is 3.16. The summed E-state index contributed by atoms with van der Waals surface area (Å²) >= 11 is 0. The van der Waals surface area contributed by atoms with Crippen molar-refractivity contribution in [1.29, 1.82) is 0 Å². The highest BCUT2D eigenvalue weighted by Crippen LogP contribution is 2.21. The molecule has 0 aromatic heterocycles. The van der Waals surface area contributed by atoms with E-state index in [0.29, 0.717) is 51.6 Å². The number of rotatable bonds is 7. The van der Waals surface area contributed by atoms with Gasteiger partial charge in [-0.15, -0.1) is 0 Å². The van der Waals surface area contributed by atoms with Gasteiger partial charge >= 0.3 is 12.1 Å². The van der Waals surface area contributed by atoms with Crippen molar-refractivity contribution in [1.82, 2.24) is 19.6 Å². The zero-order chi connectivity index (χ0) is 26.9. The van der Waals surface area contributed by atoms with Crippen molar-refractivity contribution in [3.8, 4) is 0 Å². The fourth-order valence-electron chi connectivity index (χ4n) is 5.64. The SMILES string of the molecule is CCCN(C(=O)Nc1ccccc1C)C1CCN(C(=O)OCC(=O)N2CCN(C3CCOCC3)CC2)CC1. The van der Waals surface area contributed by atoms with Gasteiger partial charge in [-0.25, -0.2) is 9.59 Å². The summed E-state index contributed by atoms with van der Waals surface area (Å²) in [4.78, 5) is 46.2. The molecule has 10 heteroatoms. The molecule has 1 aromatic rings. The van der Waals surface area contributed by atoms with E-state index in [2.05, 4.69) is 17.1 Å². The minimum absolute atomic E-state index is 0.0525. The lowest BCUT2D eigenvalue weighted by atomic mass is 10.0. The molecule has 1 N–H and O–H groups in total. The molecule has 3 aliphatic rings. The summed E-state index contributed by atoms with van der Waals surface area (Å²) in [5.74, 6) is -0.137. The minimum Gasteiger partial charge on any atom is -0.439 e. The average Bonchev–Trinajstić information content (AvgIpc) is 2.96. The van der Waals surface area contributed by atoms with Gasteiger partial charge in [-0.1, -0.05) is 25.1 Å². The molecule has 3 saturated heterocycles. The summed E-state index contributed by atoms with van der Waals surface area (Å²) < 4.78 is 10.9. The number of nitrogens with zero attached hydrogens (tertiary/aromatic N) is 4. The third-order valence-corrected chi connectivity index (χ3v) is 7.97. The van der Waals surface area contributed by atoms with E-state index < -0.39 is 6.09 Å². The van der Waals surface area contributed by atoms with E-state index in [-0.39, 0.29) is 24.6 Å². The number of carbonyl (C=O) groups excluding carboxylic acids is 3. The molecule has 3 fully saturated rings. The Bertz CT molecular complexity index is 937. The fourth-order valence-corrected chi connectivity index (χ4v) is 5.64. The number of hydrogen-bond acceptors (Lipinski definition) is 6. The first-order chi connectivity index (χ1) is 18.5. The summed E-state index contributed by atoms with van der Waals surface area (Å²) in [5.41, 5.74) is 1.83. The summed E-state index contributed by atoms with van der Waals surface area (Å²) in [6.07, 6.45) is 3.86. The molecule has 1 aromatic carbocycles. The molecule has 0 unspecified atom stereocenters. The Morgan fingerprint density at radius 3 is 2.32 bits per heavy atom. The lowest BCUT2D eigenvalue weighted by molar-refractivity contribution is -0.137. The molecule has 0 aliphatic carbocycles. The van der Waals surface area contributed by atoms with Crippen LogP contribution in [-0.2, 0) is 14.3 Å². The van der Waals surface area contributed by atoms with Crippen LogP contribution in [0.4, 0.5) is 15.3 Å². The van der Waals surface area contributed by atoms with E-state index in [1.165, 1.54) is 0 Å². The molecule has 0 bridgehead atoms. The van der Waals surface area contributed by atoms with Crippen molar-refractivity contribution in [2.45, 2.75) is 58.0 Å². The number of benzene rings is 1. The van der Waals surface area contributed by atoms with Crippen molar-refractivity contribution in [2.75, 3.05) is 71.0 Å². The van der Waals surface area contributed by atoms with Gasteiger partial charge in [0, 0.05) is 76.8 Å². The summed E-state index contributed by atoms with van der Waals surface area (Å²) in [6.45, 7) is 10.1. The molecule has 0 atom stereocenters. The normalized spacial score (nSPS) is 19.7. The molecule has 3 aliphatic heterocycles. The molecule has 4 rings (SSSR count). The quantitative estimate of drug-likeness (QED) is 0.583. The number of para-hydroxylation sites is 1. The topological polar surface area (TPSA) is 94.7 Å². The Balaban J connectivity index is 1.18. The summed E-state index contributed by atoms with van der Waals surface area (Å²) in [7, 11) is 0. The summed E-state index contributed by atoms with van der Waals surface area (Å²) in [5, 5.41) is 3.04. The van der Waals surface area contributed by atoms with Gasteiger partial charge in [0.25, 0.3) is 5.91 Å². The molecule has 0 spiro atoms. The number of amides is 4. The molecule has 0 saturated carbocycles. The molecule has 4 amide bonds. The molecular weight excluding hydrogens is 486 g/mol. The van der Waals surface area contributed by atoms with Crippen LogP contribution < -0.4 is 5.32 Å². The Kier molecular flexibility index (Phi) is 10.2. The Morgan fingerprint density at radius 1 is 0.974 bits per heavy atom. The molecule has 38 heavy (non-hydrogen) atoms. The van der Waals surface area contributed by atoms with E-state index in [1.54, 1.807) is 9.80 Å². The maximum absolute atomic E-state index is 13.1. The van der Waals surface area contributed by atoms with Gasteiger partial charge in [-0.2, -0.15) is 0 Å². The molecule has 210 valence electrons. The van der Waals surface area contributed by atoms with Gasteiger partial charge < -0.3 is 29.5 Å². The average molecular weight is 530 g/mol. The van der Waals surface area contributed by atoms with Crippen LogP contribution in [0.15, 0.2) is 24.3 Å². The first-order valence-corrected chi connectivity index (χ1v) is 14.1. The number of piperidine rings is 1. The van der Waals surface area contributed by atoms with Crippen LogP contribution >= 0.6 is 0 Å². The number of ether oxygens (including phenoxy) is 2. The highest BCUT2D eigenvalue weighted by atomic mass is 16.6. The number of hydrogen-bond donors (Lipinski definition) is 1. The first kappa shape index (κ1) is 28.2. The lowest BCUT2D eigenvalue weighted by Gasteiger charge is -2.40. The van der Waals surface area contributed by atoms with Gasteiger partial charge in [0.15, 0.2) is 6.61 Å². The van der Waals surface area contributed by atoms with Crippen LogP contribution in [0.25, 0.3) is 0 Å². The van der Waals surface area contributed by atoms with E-state index in [9.17, 15) is 14.4 Å². The van der Waals surface area contributed by atoms with Crippen molar-refractivity contribution >= 4 is 23.7 Å². The highest BCUT2D eigenvalue weighted by molar-refractivity contribution is 5.90. The number of aryl methyl sites for hydroxylation is 1. The number of nitrogens with one attached hydrogen (secondary N) is 1. The Morgan fingerprint density at radius 2 is 1.66 bits per heavy atom. The van der Waals surface area contributed by atoms with Gasteiger partial charge in [0.1, 0.15) is 0 Å². The predicted molar refractivity (Wildman–Crippen MR) is 145 cm³/mol. The Hall–Kier alpha value is -2.85. The van der Waals surface area contributed by atoms with E-state index in [0.717, 1.165) is 56.8 Å². The van der Waals surface area contributed by atoms with Crippen LogP contribution in [0.1, 0.15) is 44.6 Å². The summed E-state index contributed by atoms with van der Waals surface area (Å²) in [6, 6.07) is 8.23. The van der Waals surface area contributed by atoms with Crippen LogP contribution in [0.3, 0.4) is 0 Å². The van der Waals surface area contributed by atoms with Gasteiger partial charge in [-0.05, 0) is 50.7 Å². The van der Waals surface area contributed by atoms with Crippen LogP contribution in [0, 0.1) is 6.92 Å². The molecule has 10 nitrogen and oxygen atoms in total. The maximum atomic E-state index is 13.1. The zero-order valence-electron chi connectivity index (χ0n) is 22.9. The van der Waals surface area contributed by atoms with Crippen molar-refractivity contribution < 1.29 is 23.9 Å². The number of likely N-dealkylation sites (tertiary alicyclic amines) is 1. The van der Waals surface area contributed by atoms with E-state index in [4.69, 9.17) is 9.47 Å². The van der Waals surface area contributed by atoms with Crippen molar-refractivity contribution in [3.05, 3.63) is 29.8 Å². The van der Waals surface area contributed by atoms with Gasteiger partial charge in [0.2, 0.25) is 0 Å². The number of urea groups is 1. The smallest absolute Gasteiger partial charge is 0.410 e. The van der Waals surface area contributed by atoms with Crippen molar-refractivity contribution in [3.63, 3.8) is 0 Å². The highest BCUT2D eigenvalue weighted by Gasteiger charge is 2.31. The fraction of sp³-hybridized carbons (Fsp3) is 0.679. The minimum atomic E-state index is -0.455. The zero-order valence-corrected chi connectivity index (χ0v) is 22.9. The largest absolute Gasteiger partial charge is 0.439 e. The van der Waals surface area contributed by atoms with Crippen LogP contribution in [0.2, 0.25) is 0 Å². The van der Waals surface area contributed by atoms with E-state index in [1.807, 2.05) is 36.1 Å². The van der Waals surface area contributed by atoms with Gasteiger partial charge in [-0.3, -0.25) is 9.69 Å². The molecule has 3 heterocycles.